The zero-order valence-electron chi connectivity index (χ0n) is 11.6. The largest absolute Gasteiger partial charge is 0.304 e. The SMILES string of the molecule is O=S(=O)(NCCc1ncc2ccccn12)c1ccc(Cl)cc1. The number of rotatable bonds is 5. The summed E-state index contributed by atoms with van der Waals surface area (Å²) in [7, 11) is -3.53. The highest BCUT2D eigenvalue weighted by atomic mass is 35.5. The number of aromatic nitrogens is 2. The van der Waals surface area contributed by atoms with Gasteiger partial charge in [-0.2, -0.15) is 0 Å². The van der Waals surface area contributed by atoms with Crippen LogP contribution in [0.25, 0.3) is 5.52 Å². The Kier molecular flexibility index (Phi) is 4.15. The number of pyridine rings is 1. The quantitative estimate of drug-likeness (QED) is 0.779. The van der Waals surface area contributed by atoms with Crippen molar-refractivity contribution in [2.75, 3.05) is 6.54 Å². The predicted molar refractivity (Wildman–Crippen MR) is 85.5 cm³/mol. The summed E-state index contributed by atoms with van der Waals surface area (Å²) < 4.78 is 28.8. The molecule has 0 aliphatic heterocycles. The van der Waals surface area contributed by atoms with Crippen LogP contribution in [0.15, 0.2) is 59.8 Å². The van der Waals surface area contributed by atoms with Crippen LogP contribution in [0.1, 0.15) is 5.82 Å². The fraction of sp³-hybridized carbons (Fsp3) is 0.133. The minimum Gasteiger partial charge on any atom is -0.304 e. The Morgan fingerprint density at radius 1 is 1.14 bits per heavy atom. The van der Waals surface area contributed by atoms with Crippen LogP contribution in [0, 0.1) is 0 Å². The lowest BCUT2D eigenvalue weighted by molar-refractivity contribution is 0.581. The molecular weight excluding hydrogens is 322 g/mol. The molecule has 0 amide bonds. The number of hydrogen-bond donors (Lipinski definition) is 1. The van der Waals surface area contributed by atoms with Crippen molar-refractivity contribution in [2.24, 2.45) is 0 Å². The second-order valence-corrected chi connectivity index (χ2v) is 6.98. The third-order valence-corrected chi connectivity index (χ3v) is 5.01. The van der Waals surface area contributed by atoms with Crippen LogP contribution < -0.4 is 4.72 Å². The third-order valence-electron chi connectivity index (χ3n) is 3.28. The molecule has 3 aromatic rings. The van der Waals surface area contributed by atoms with Crippen LogP contribution in [0.4, 0.5) is 0 Å². The fourth-order valence-corrected chi connectivity index (χ4v) is 3.34. The molecule has 0 aliphatic carbocycles. The van der Waals surface area contributed by atoms with E-state index in [-0.39, 0.29) is 11.4 Å². The highest BCUT2D eigenvalue weighted by molar-refractivity contribution is 7.89. The van der Waals surface area contributed by atoms with Crippen molar-refractivity contribution >= 4 is 27.1 Å². The van der Waals surface area contributed by atoms with Crippen molar-refractivity contribution in [3.05, 3.63) is 65.7 Å². The minimum atomic E-state index is -3.53. The van der Waals surface area contributed by atoms with Gasteiger partial charge in [-0.25, -0.2) is 18.1 Å². The molecule has 0 fully saturated rings. The van der Waals surface area contributed by atoms with Crippen molar-refractivity contribution < 1.29 is 8.42 Å². The van der Waals surface area contributed by atoms with E-state index in [1.54, 1.807) is 18.3 Å². The molecule has 1 aromatic carbocycles. The van der Waals surface area contributed by atoms with Gasteiger partial charge in [-0.05, 0) is 36.4 Å². The summed E-state index contributed by atoms with van der Waals surface area (Å²) in [6.45, 7) is 0.277. The average Bonchev–Trinajstić information content (AvgIpc) is 2.91. The van der Waals surface area contributed by atoms with Crippen molar-refractivity contribution in [1.82, 2.24) is 14.1 Å². The summed E-state index contributed by atoms with van der Waals surface area (Å²) in [5.41, 5.74) is 0.984. The molecule has 3 rings (SSSR count). The van der Waals surface area contributed by atoms with Crippen molar-refractivity contribution in [3.8, 4) is 0 Å². The highest BCUT2D eigenvalue weighted by Gasteiger charge is 2.13. The maximum Gasteiger partial charge on any atom is 0.240 e. The zero-order chi connectivity index (χ0) is 15.6. The van der Waals surface area contributed by atoms with Gasteiger partial charge in [0.25, 0.3) is 0 Å². The summed E-state index contributed by atoms with van der Waals surface area (Å²) in [6, 6.07) is 11.9. The second kappa shape index (κ2) is 6.08. The normalized spacial score (nSPS) is 11.9. The monoisotopic (exact) mass is 335 g/mol. The molecule has 1 N–H and O–H groups in total. The molecule has 0 atom stereocenters. The van der Waals surface area contributed by atoms with Crippen LogP contribution in [0.5, 0.6) is 0 Å². The van der Waals surface area contributed by atoms with E-state index < -0.39 is 10.0 Å². The molecule has 0 radical (unpaired) electrons. The van der Waals surface area contributed by atoms with Crippen LogP contribution in [0.3, 0.4) is 0 Å². The summed E-state index contributed by atoms with van der Waals surface area (Å²) in [5.74, 6) is 0.814. The van der Waals surface area contributed by atoms with Gasteiger partial charge in [-0.3, -0.25) is 0 Å². The molecule has 2 heterocycles. The Hall–Kier alpha value is -1.89. The zero-order valence-corrected chi connectivity index (χ0v) is 13.2. The number of sulfonamides is 1. The van der Waals surface area contributed by atoms with E-state index in [9.17, 15) is 8.42 Å². The standard InChI is InChI=1S/C15H14ClN3O2S/c16-12-4-6-14(7-5-12)22(20,21)18-9-8-15-17-11-13-3-1-2-10-19(13)15/h1-7,10-11,18H,8-9H2. The molecular formula is C15H14ClN3O2S. The highest BCUT2D eigenvalue weighted by Crippen LogP contribution is 2.14. The van der Waals surface area contributed by atoms with Crippen LogP contribution in [0.2, 0.25) is 5.02 Å². The van der Waals surface area contributed by atoms with E-state index in [0.717, 1.165) is 11.3 Å². The fourth-order valence-electron chi connectivity index (χ4n) is 2.18. The summed E-state index contributed by atoms with van der Waals surface area (Å²) in [5, 5.41) is 0.503. The first-order valence-electron chi connectivity index (χ1n) is 6.72. The van der Waals surface area contributed by atoms with E-state index >= 15 is 0 Å². The molecule has 0 aliphatic rings. The average molecular weight is 336 g/mol. The molecule has 22 heavy (non-hydrogen) atoms. The number of imidazole rings is 1. The maximum atomic E-state index is 12.2. The molecule has 114 valence electrons. The topological polar surface area (TPSA) is 63.5 Å². The molecule has 7 heteroatoms. The maximum absolute atomic E-state index is 12.2. The summed E-state index contributed by atoms with van der Waals surface area (Å²) >= 11 is 5.76. The van der Waals surface area contributed by atoms with Gasteiger partial charge in [0.05, 0.1) is 16.6 Å². The Bertz CT molecular complexity index is 889. The molecule has 0 unspecified atom stereocenters. The van der Waals surface area contributed by atoms with Gasteiger partial charge >= 0.3 is 0 Å². The van der Waals surface area contributed by atoms with Crippen LogP contribution >= 0.6 is 11.6 Å². The number of fused-ring (bicyclic) bond motifs is 1. The molecule has 0 bridgehead atoms. The van der Waals surface area contributed by atoms with E-state index in [4.69, 9.17) is 11.6 Å². The molecule has 0 saturated carbocycles. The van der Waals surface area contributed by atoms with Gasteiger partial charge in [-0.15, -0.1) is 0 Å². The van der Waals surface area contributed by atoms with E-state index in [0.29, 0.717) is 11.4 Å². The lowest BCUT2D eigenvalue weighted by atomic mass is 10.4. The molecule has 0 spiro atoms. The number of benzene rings is 1. The lowest BCUT2D eigenvalue weighted by Gasteiger charge is -2.06. The summed E-state index contributed by atoms with van der Waals surface area (Å²) in [4.78, 5) is 4.51. The first-order valence-corrected chi connectivity index (χ1v) is 8.58. The molecule has 0 saturated heterocycles. The third kappa shape index (κ3) is 3.14. The van der Waals surface area contributed by atoms with E-state index in [1.807, 2.05) is 28.8 Å². The number of hydrogen-bond acceptors (Lipinski definition) is 3. The van der Waals surface area contributed by atoms with Crippen molar-refractivity contribution in [2.45, 2.75) is 11.3 Å². The van der Waals surface area contributed by atoms with Crippen molar-refractivity contribution in [3.63, 3.8) is 0 Å². The number of nitrogens with zero attached hydrogens (tertiary/aromatic N) is 2. The molecule has 2 aromatic heterocycles. The van der Waals surface area contributed by atoms with Crippen LogP contribution in [-0.4, -0.2) is 24.3 Å². The number of nitrogens with one attached hydrogen (secondary N) is 1. The van der Waals surface area contributed by atoms with Crippen LogP contribution in [-0.2, 0) is 16.4 Å². The van der Waals surface area contributed by atoms with Gasteiger partial charge in [0, 0.05) is 24.2 Å². The number of halogens is 1. The second-order valence-electron chi connectivity index (χ2n) is 4.77. The van der Waals surface area contributed by atoms with Gasteiger partial charge in [0.15, 0.2) is 0 Å². The Morgan fingerprint density at radius 2 is 1.91 bits per heavy atom. The lowest BCUT2D eigenvalue weighted by Crippen LogP contribution is -2.26. The Labute approximate surface area is 133 Å². The van der Waals surface area contributed by atoms with E-state index in [1.165, 1.54) is 12.1 Å². The predicted octanol–water partition coefficient (Wildman–Crippen LogP) is 2.51. The van der Waals surface area contributed by atoms with Crippen molar-refractivity contribution in [1.29, 1.82) is 0 Å². The first-order chi connectivity index (χ1) is 10.6. The Balaban J connectivity index is 1.68. The first kappa shape index (κ1) is 15.0. The van der Waals surface area contributed by atoms with Gasteiger partial charge in [-0.1, -0.05) is 17.7 Å². The smallest absolute Gasteiger partial charge is 0.240 e. The minimum absolute atomic E-state index is 0.199. The van der Waals surface area contributed by atoms with E-state index in [2.05, 4.69) is 9.71 Å². The molecule has 5 nitrogen and oxygen atoms in total. The van der Waals surface area contributed by atoms with Gasteiger partial charge in [0.1, 0.15) is 5.82 Å². The van der Waals surface area contributed by atoms with Gasteiger partial charge < -0.3 is 4.40 Å². The summed E-state index contributed by atoms with van der Waals surface area (Å²) in [6.07, 6.45) is 4.18. The van der Waals surface area contributed by atoms with Gasteiger partial charge in [0.2, 0.25) is 10.0 Å². The Morgan fingerprint density at radius 3 is 2.68 bits per heavy atom.